The van der Waals surface area contributed by atoms with Gasteiger partial charge in [0.15, 0.2) is 0 Å². The normalized spacial score (nSPS) is 9.91. The Morgan fingerprint density at radius 2 is 0.739 bits per heavy atom. The zero-order valence-electron chi connectivity index (χ0n) is 26.1. The minimum Gasteiger partial charge on any atom is -0.507 e. The molecule has 0 saturated heterocycles. The Bertz CT molecular complexity index is 1560. The first kappa shape index (κ1) is 36.0. The second-order valence-electron chi connectivity index (χ2n) is 10.6. The van der Waals surface area contributed by atoms with Crippen LogP contribution in [0.5, 0.6) is 11.5 Å². The molecule has 4 heteroatoms. The minimum atomic E-state index is 0. The van der Waals surface area contributed by atoms with Crippen molar-refractivity contribution in [2.45, 2.75) is 12.8 Å². The molecule has 3 nitrogen and oxygen atoms in total. The Morgan fingerprint density at radius 1 is 0.413 bits per heavy atom. The van der Waals surface area contributed by atoms with Gasteiger partial charge in [-0.1, -0.05) is 109 Å². The van der Waals surface area contributed by atoms with Gasteiger partial charge in [0.05, 0.1) is 0 Å². The monoisotopic (exact) mass is 681 g/mol. The van der Waals surface area contributed by atoms with Crippen LogP contribution in [0.15, 0.2) is 158 Å². The molecule has 6 aromatic rings. The van der Waals surface area contributed by atoms with Crippen LogP contribution in [0.3, 0.4) is 0 Å². The van der Waals surface area contributed by atoms with E-state index in [1.54, 1.807) is 0 Å². The number of benzene rings is 6. The molecule has 0 heterocycles. The molecule has 0 saturated carbocycles. The second kappa shape index (κ2) is 19.8. The summed E-state index contributed by atoms with van der Waals surface area (Å²) in [5.74, 6) is 0.701. The van der Waals surface area contributed by atoms with Crippen molar-refractivity contribution >= 4 is 0 Å². The average Bonchev–Trinajstić information content (AvgIpc) is 3.08. The van der Waals surface area contributed by atoms with Crippen LogP contribution in [0.4, 0.5) is 0 Å². The third-order valence-electron chi connectivity index (χ3n) is 7.24. The van der Waals surface area contributed by atoms with E-state index in [1.807, 2.05) is 158 Å². The van der Waals surface area contributed by atoms with Crippen LogP contribution >= 0.6 is 0 Å². The first-order valence-electron chi connectivity index (χ1n) is 15.2. The van der Waals surface area contributed by atoms with Gasteiger partial charge in [-0.3, -0.25) is 0 Å². The molecule has 3 N–H and O–H groups in total. The van der Waals surface area contributed by atoms with Crippen molar-refractivity contribution in [3.8, 4) is 33.8 Å². The maximum Gasteiger partial charge on any atom is 3.00 e. The molecule has 0 aliphatic rings. The van der Waals surface area contributed by atoms with E-state index in [2.05, 4.69) is 19.2 Å². The van der Waals surface area contributed by atoms with E-state index in [4.69, 9.17) is 0 Å². The van der Waals surface area contributed by atoms with Crippen LogP contribution in [-0.4, -0.2) is 23.3 Å². The summed E-state index contributed by atoms with van der Waals surface area (Å²) in [7, 11) is 0. The van der Waals surface area contributed by atoms with Crippen molar-refractivity contribution in [2.75, 3.05) is 13.1 Å². The van der Waals surface area contributed by atoms with Crippen LogP contribution in [0.25, 0.3) is 22.3 Å². The Balaban J connectivity index is 0.000000315. The topological polar surface area (TPSA) is 52.5 Å². The van der Waals surface area contributed by atoms with Gasteiger partial charge in [-0.05, 0) is 48.2 Å². The summed E-state index contributed by atoms with van der Waals surface area (Å²) in [6, 6.07) is 51.5. The smallest absolute Gasteiger partial charge is 0.507 e. The van der Waals surface area contributed by atoms with Gasteiger partial charge in [-0.15, -0.1) is 24.3 Å². The SMILES string of the molecule is Oc1c(CCNCCc2cccc(-c3ccccc3)c2O)cccc1-c1ccccc1.[CH2-]c1ccccc1.[CH2-]c1ccccc1.[Zr+3]. The van der Waals surface area contributed by atoms with E-state index in [9.17, 15) is 10.2 Å². The number of phenols is 2. The number of phenolic OH excluding ortho intramolecular Hbond substituents is 2. The van der Waals surface area contributed by atoms with Crippen molar-refractivity contribution in [3.63, 3.8) is 0 Å². The number of aromatic hydroxyl groups is 2. The standard InChI is InChI=1S/C28H27NO2.2C7H7.Zr/c30-27-23(13-7-15-25(27)21-9-3-1-4-10-21)17-19-29-20-18-24-14-8-16-26(28(24)31)22-11-5-2-6-12-22;2*1-7-5-3-2-4-6-7;/h1-16,29-31H,17-20H2;2*2-6H,1H2;/q;2*-1;+3. The van der Waals surface area contributed by atoms with Crippen LogP contribution < -0.4 is 5.32 Å². The first-order chi connectivity index (χ1) is 22.0. The van der Waals surface area contributed by atoms with Crippen LogP contribution in [-0.2, 0) is 39.0 Å². The van der Waals surface area contributed by atoms with Gasteiger partial charge in [0.1, 0.15) is 11.5 Å². The molecule has 0 unspecified atom stereocenters. The number of rotatable bonds is 8. The molecule has 0 aliphatic carbocycles. The minimum absolute atomic E-state index is 0. The fourth-order valence-corrected chi connectivity index (χ4v) is 4.81. The van der Waals surface area contributed by atoms with Gasteiger partial charge in [0.2, 0.25) is 0 Å². The average molecular weight is 683 g/mol. The molecule has 0 bridgehead atoms. The third kappa shape index (κ3) is 11.5. The third-order valence-corrected chi connectivity index (χ3v) is 7.24. The molecule has 0 spiro atoms. The van der Waals surface area contributed by atoms with E-state index in [0.29, 0.717) is 11.5 Å². The summed E-state index contributed by atoms with van der Waals surface area (Å²) in [4.78, 5) is 0. The molecule has 229 valence electrons. The number of para-hydroxylation sites is 2. The summed E-state index contributed by atoms with van der Waals surface area (Å²) < 4.78 is 0. The molecular weight excluding hydrogens is 642 g/mol. The molecule has 6 rings (SSSR count). The van der Waals surface area contributed by atoms with Crippen molar-refractivity contribution < 1.29 is 36.4 Å². The van der Waals surface area contributed by atoms with Gasteiger partial charge in [0, 0.05) is 11.1 Å². The van der Waals surface area contributed by atoms with Gasteiger partial charge in [0.25, 0.3) is 0 Å². The van der Waals surface area contributed by atoms with Gasteiger partial charge >= 0.3 is 26.2 Å². The zero-order valence-corrected chi connectivity index (χ0v) is 28.6. The van der Waals surface area contributed by atoms with Crippen molar-refractivity contribution in [1.82, 2.24) is 5.32 Å². The fourth-order valence-electron chi connectivity index (χ4n) is 4.81. The van der Waals surface area contributed by atoms with E-state index in [0.717, 1.165) is 70.4 Å². The number of hydrogen-bond acceptors (Lipinski definition) is 3. The summed E-state index contributed by atoms with van der Waals surface area (Å²) in [6.45, 7) is 8.95. The summed E-state index contributed by atoms with van der Waals surface area (Å²) >= 11 is 0. The number of hydrogen-bond donors (Lipinski definition) is 3. The maximum absolute atomic E-state index is 10.7. The Kier molecular flexibility index (Phi) is 15.5. The zero-order chi connectivity index (χ0) is 31.7. The van der Waals surface area contributed by atoms with E-state index in [1.165, 1.54) is 0 Å². The van der Waals surface area contributed by atoms with Crippen molar-refractivity contribution in [3.05, 3.63) is 194 Å². The first-order valence-corrected chi connectivity index (χ1v) is 15.2. The Hall–Kier alpha value is -4.50. The van der Waals surface area contributed by atoms with E-state index < -0.39 is 0 Å². The fraction of sp³-hybridized carbons (Fsp3) is 0.0952. The molecule has 6 aromatic carbocycles. The van der Waals surface area contributed by atoms with Crippen molar-refractivity contribution in [2.24, 2.45) is 0 Å². The number of nitrogens with one attached hydrogen (secondary N) is 1. The molecule has 1 radical (unpaired) electrons. The predicted octanol–water partition coefficient (Wildman–Crippen LogP) is 9.54. The van der Waals surface area contributed by atoms with Crippen molar-refractivity contribution in [1.29, 1.82) is 0 Å². The summed E-state index contributed by atoms with van der Waals surface area (Å²) in [5, 5.41) is 24.8. The van der Waals surface area contributed by atoms with Crippen LogP contribution in [0.2, 0.25) is 0 Å². The van der Waals surface area contributed by atoms with Gasteiger partial charge in [-0.2, -0.15) is 49.2 Å². The predicted molar refractivity (Wildman–Crippen MR) is 189 cm³/mol. The molecule has 0 aliphatic heterocycles. The van der Waals surface area contributed by atoms with E-state index in [-0.39, 0.29) is 26.2 Å². The molecule has 0 fully saturated rings. The van der Waals surface area contributed by atoms with Gasteiger partial charge in [-0.25, -0.2) is 0 Å². The molecule has 0 atom stereocenters. The molecular formula is C42H41NO2Zr+. The Labute approximate surface area is 293 Å². The van der Waals surface area contributed by atoms with E-state index >= 15 is 0 Å². The maximum atomic E-state index is 10.7. The Morgan fingerprint density at radius 3 is 1.04 bits per heavy atom. The quantitative estimate of drug-likeness (QED) is 0.111. The molecule has 0 amide bonds. The largest absolute Gasteiger partial charge is 3.00 e. The second-order valence-corrected chi connectivity index (χ2v) is 10.6. The van der Waals surface area contributed by atoms with Gasteiger partial charge < -0.3 is 15.5 Å². The molecule has 46 heavy (non-hydrogen) atoms. The van der Waals surface area contributed by atoms with Crippen LogP contribution in [0, 0.1) is 13.8 Å². The summed E-state index contributed by atoms with van der Waals surface area (Å²) in [6.07, 6.45) is 1.48. The molecule has 0 aromatic heterocycles. The van der Waals surface area contributed by atoms with Crippen LogP contribution in [0.1, 0.15) is 22.3 Å². The summed E-state index contributed by atoms with van der Waals surface area (Å²) in [5.41, 5.74) is 7.77.